The van der Waals surface area contributed by atoms with Crippen LogP contribution in [0.4, 0.5) is 0 Å². The molecule has 2 aromatic carbocycles. The zero-order valence-corrected chi connectivity index (χ0v) is 15.2. The Labute approximate surface area is 151 Å². The molecule has 1 heterocycles. The number of para-hydroxylation sites is 1. The van der Waals surface area contributed by atoms with E-state index in [1.807, 2.05) is 37.3 Å². The van der Waals surface area contributed by atoms with Crippen molar-refractivity contribution in [2.45, 2.75) is 18.4 Å². The molecule has 4 nitrogen and oxygen atoms in total. The van der Waals surface area contributed by atoms with Gasteiger partial charge in [-0.1, -0.05) is 24.3 Å². The number of nitrogens with zero attached hydrogens (tertiary/aromatic N) is 1. The zero-order valence-electron chi connectivity index (χ0n) is 12.8. The average molecular weight is 384 g/mol. The molecule has 0 atom stereocenters. The molecule has 3 aromatic rings. The highest BCUT2D eigenvalue weighted by molar-refractivity contribution is 8.13. The number of hydrogen-bond donors (Lipinski definition) is 0. The molecule has 0 bridgehead atoms. The second kappa shape index (κ2) is 7.38. The lowest BCUT2D eigenvalue weighted by atomic mass is 10.1. The van der Waals surface area contributed by atoms with Gasteiger partial charge in [0, 0.05) is 27.3 Å². The van der Waals surface area contributed by atoms with Crippen molar-refractivity contribution in [1.82, 2.24) is 4.98 Å². The third kappa shape index (κ3) is 4.17. The minimum atomic E-state index is -3.71. The minimum Gasteiger partial charge on any atom is -0.489 e. The van der Waals surface area contributed by atoms with E-state index in [0.29, 0.717) is 12.4 Å². The number of pyridine rings is 1. The first-order valence-corrected chi connectivity index (χ1v) is 9.27. The molecule has 3 rings (SSSR count). The van der Waals surface area contributed by atoms with E-state index in [2.05, 4.69) is 4.98 Å². The highest BCUT2D eigenvalue weighted by Gasteiger charge is 2.09. The number of fused-ring (bicyclic) bond motifs is 1. The number of halogens is 2. The van der Waals surface area contributed by atoms with Crippen LogP contribution in [-0.4, -0.2) is 13.4 Å². The van der Waals surface area contributed by atoms with Crippen molar-refractivity contribution in [2.75, 3.05) is 0 Å². The molecular weight excluding hydrogens is 369 g/mol. The van der Waals surface area contributed by atoms with Crippen molar-refractivity contribution >= 4 is 43.0 Å². The molecule has 0 saturated carbocycles. The van der Waals surface area contributed by atoms with Gasteiger partial charge in [0.2, 0.25) is 0 Å². The summed E-state index contributed by atoms with van der Waals surface area (Å²) in [6, 6.07) is 15.9. The second-order valence-electron chi connectivity index (χ2n) is 5.14. The largest absolute Gasteiger partial charge is 0.489 e. The molecule has 126 valence electrons. The Morgan fingerprint density at radius 2 is 1.75 bits per heavy atom. The fourth-order valence-electron chi connectivity index (χ4n) is 2.28. The van der Waals surface area contributed by atoms with Crippen molar-refractivity contribution in [3.8, 4) is 5.75 Å². The lowest BCUT2D eigenvalue weighted by Crippen LogP contribution is -1.98. The Bertz CT molecular complexity index is 957. The van der Waals surface area contributed by atoms with E-state index < -0.39 is 9.05 Å². The highest BCUT2D eigenvalue weighted by Crippen LogP contribution is 2.22. The van der Waals surface area contributed by atoms with E-state index in [4.69, 9.17) is 15.4 Å². The fraction of sp³-hybridized carbons (Fsp3) is 0.118. The summed E-state index contributed by atoms with van der Waals surface area (Å²) >= 11 is 0. The first kappa shape index (κ1) is 18.5. The number of aryl methyl sites for hydroxylation is 1. The van der Waals surface area contributed by atoms with Crippen molar-refractivity contribution in [3.05, 3.63) is 65.9 Å². The lowest BCUT2D eigenvalue weighted by Gasteiger charge is -2.09. The van der Waals surface area contributed by atoms with E-state index in [1.54, 1.807) is 12.1 Å². The lowest BCUT2D eigenvalue weighted by molar-refractivity contribution is 0.307. The van der Waals surface area contributed by atoms with Crippen molar-refractivity contribution in [2.24, 2.45) is 0 Å². The van der Waals surface area contributed by atoms with E-state index in [9.17, 15) is 8.42 Å². The Kier molecular flexibility index (Phi) is 5.70. The molecule has 0 aliphatic heterocycles. The van der Waals surface area contributed by atoms with Gasteiger partial charge < -0.3 is 4.74 Å². The number of aromatic nitrogens is 1. The summed E-state index contributed by atoms with van der Waals surface area (Å²) in [5.41, 5.74) is 2.83. The van der Waals surface area contributed by atoms with Crippen LogP contribution in [-0.2, 0) is 15.7 Å². The second-order valence-corrected chi connectivity index (χ2v) is 7.71. The van der Waals surface area contributed by atoms with Crippen LogP contribution in [0.2, 0.25) is 0 Å². The molecule has 1 aromatic heterocycles. The van der Waals surface area contributed by atoms with Crippen molar-refractivity contribution < 1.29 is 13.2 Å². The quantitative estimate of drug-likeness (QED) is 0.623. The third-order valence-electron chi connectivity index (χ3n) is 3.44. The molecule has 0 aliphatic carbocycles. The molecule has 0 fully saturated rings. The predicted molar refractivity (Wildman–Crippen MR) is 97.5 cm³/mol. The smallest absolute Gasteiger partial charge is 0.261 e. The van der Waals surface area contributed by atoms with Gasteiger partial charge in [-0.25, -0.2) is 8.42 Å². The van der Waals surface area contributed by atoms with Crippen molar-refractivity contribution in [3.63, 3.8) is 0 Å². The summed E-state index contributed by atoms with van der Waals surface area (Å²) in [5.74, 6) is 0.568. The molecule has 0 saturated heterocycles. The van der Waals surface area contributed by atoms with Crippen LogP contribution in [0.25, 0.3) is 10.9 Å². The van der Waals surface area contributed by atoms with Gasteiger partial charge in [0.25, 0.3) is 9.05 Å². The Hall–Kier alpha value is -1.82. The normalized spacial score (nSPS) is 11.1. The van der Waals surface area contributed by atoms with Gasteiger partial charge in [0.05, 0.1) is 10.4 Å². The first-order chi connectivity index (χ1) is 10.9. The fourth-order valence-corrected chi connectivity index (χ4v) is 3.05. The standard InChI is InChI=1S/C17H14ClNO3S.ClH/c1-12-5-6-13-3-2-4-14(17(13)19-12)11-22-15-7-9-16(10-8-15)23(18,20)21;/h2-10H,11H2,1H3;1H. The molecule has 0 unspecified atom stereocenters. The van der Waals surface area contributed by atoms with Gasteiger partial charge >= 0.3 is 0 Å². The third-order valence-corrected chi connectivity index (χ3v) is 4.81. The monoisotopic (exact) mass is 383 g/mol. The summed E-state index contributed by atoms with van der Waals surface area (Å²) in [6.45, 7) is 2.29. The maximum absolute atomic E-state index is 11.2. The minimum absolute atomic E-state index is 0. The summed E-state index contributed by atoms with van der Waals surface area (Å²) in [7, 11) is 1.57. The Balaban J connectivity index is 0.00000208. The van der Waals surface area contributed by atoms with Gasteiger partial charge in [-0.3, -0.25) is 4.98 Å². The van der Waals surface area contributed by atoms with Crippen LogP contribution in [0.1, 0.15) is 11.3 Å². The topological polar surface area (TPSA) is 56.3 Å². The number of ether oxygens (including phenoxy) is 1. The van der Waals surface area contributed by atoms with E-state index in [1.165, 1.54) is 12.1 Å². The van der Waals surface area contributed by atoms with Crippen LogP contribution < -0.4 is 4.74 Å². The maximum atomic E-state index is 11.2. The summed E-state index contributed by atoms with van der Waals surface area (Å²) in [6.07, 6.45) is 0. The molecule has 24 heavy (non-hydrogen) atoms. The predicted octanol–water partition coefficient (Wildman–Crippen LogP) is 4.47. The van der Waals surface area contributed by atoms with Gasteiger partial charge in [-0.2, -0.15) is 0 Å². The summed E-state index contributed by atoms with van der Waals surface area (Å²) in [4.78, 5) is 4.61. The zero-order chi connectivity index (χ0) is 16.4. The molecule has 0 amide bonds. The number of hydrogen-bond acceptors (Lipinski definition) is 4. The molecule has 7 heteroatoms. The van der Waals surface area contributed by atoms with E-state index in [-0.39, 0.29) is 17.3 Å². The highest BCUT2D eigenvalue weighted by atomic mass is 35.7. The Morgan fingerprint density at radius 3 is 2.42 bits per heavy atom. The summed E-state index contributed by atoms with van der Waals surface area (Å²) in [5, 5.41) is 1.06. The molecule has 0 aliphatic rings. The van der Waals surface area contributed by atoms with Crippen LogP contribution in [0, 0.1) is 6.92 Å². The maximum Gasteiger partial charge on any atom is 0.261 e. The molecule has 0 spiro atoms. The molecular formula is C17H15Cl2NO3S. The molecule has 0 N–H and O–H groups in total. The van der Waals surface area contributed by atoms with Crippen LogP contribution in [0.3, 0.4) is 0 Å². The number of benzene rings is 2. The molecule has 0 radical (unpaired) electrons. The van der Waals surface area contributed by atoms with Gasteiger partial charge in [0.15, 0.2) is 0 Å². The van der Waals surface area contributed by atoms with E-state index >= 15 is 0 Å². The van der Waals surface area contributed by atoms with Crippen LogP contribution >= 0.6 is 23.1 Å². The van der Waals surface area contributed by atoms with Crippen LogP contribution in [0.15, 0.2) is 59.5 Å². The van der Waals surface area contributed by atoms with Gasteiger partial charge in [-0.05, 0) is 37.3 Å². The first-order valence-electron chi connectivity index (χ1n) is 6.96. The van der Waals surface area contributed by atoms with Gasteiger partial charge in [0.1, 0.15) is 12.4 Å². The van der Waals surface area contributed by atoms with Crippen LogP contribution in [0.5, 0.6) is 5.75 Å². The van der Waals surface area contributed by atoms with E-state index in [0.717, 1.165) is 22.2 Å². The number of rotatable bonds is 4. The average Bonchev–Trinajstić information content (AvgIpc) is 2.52. The Morgan fingerprint density at radius 1 is 1.04 bits per heavy atom. The van der Waals surface area contributed by atoms with Gasteiger partial charge in [-0.15, -0.1) is 12.4 Å². The van der Waals surface area contributed by atoms with Crippen molar-refractivity contribution in [1.29, 1.82) is 0 Å². The SMILES string of the molecule is Cc1ccc2cccc(COc3ccc(S(=O)(=O)Cl)cc3)c2n1.Cl. The summed E-state index contributed by atoms with van der Waals surface area (Å²) < 4.78 is 28.2.